The summed E-state index contributed by atoms with van der Waals surface area (Å²) in [4.78, 5) is 16.3. The minimum absolute atomic E-state index is 0.00339. The Labute approximate surface area is 112 Å². The molecule has 1 aromatic rings. The highest BCUT2D eigenvalue weighted by Gasteiger charge is 2.46. The third kappa shape index (κ3) is 1.63. The number of benzene rings is 1. The average molecular weight is 260 g/mol. The second-order valence-corrected chi connectivity index (χ2v) is 5.29. The molecule has 2 aliphatic heterocycles. The van der Waals surface area contributed by atoms with Crippen LogP contribution in [0.3, 0.4) is 0 Å². The van der Waals surface area contributed by atoms with Crippen LogP contribution < -0.4 is 0 Å². The summed E-state index contributed by atoms with van der Waals surface area (Å²) < 4.78 is 0. The van der Waals surface area contributed by atoms with Crippen LogP contribution in [0.2, 0.25) is 0 Å². The quantitative estimate of drug-likeness (QED) is 0.763. The van der Waals surface area contributed by atoms with Crippen LogP contribution in [0.15, 0.2) is 30.3 Å². The zero-order chi connectivity index (χ0) is 12.7. The normalized spacial score (nSPS) is 24.6. The van der Waals surface area contributed by atoms with Crippen LogP contribution >= 0.6 is 12.2 Å². The first kappa shape index (κ1) is 11.7. The molecule has 2 aliphatic rings. The van der Waals surface area contributed by atoms with E-state index in [1.165, 1.54) is 0 Å². The number of fused-ring (bicyclic) bond motifs is 1. The van der Waals surface area contributed by atoms with Crippen molar-refractivity contribution in [3.05, 3.63) is 35.9 Å². The number of nitrogens with zero attached hydrogens (tertiary/aromatic N) is 2. The maximum Gasteiger partial charge on any atom is 0.252 e. The van der Waals surface area contributed by atoms with E-state index in [2.05, 4.69) is 4.90 Å². The van der Waals surface area contributed by atoms with Crippen molar-refractivity contribution in [2.24, 2.45) is 0 Å². The highest BCUT2D eigenvalue weighted by Crippen LogP contribution is 2.33. The van der Waals surface area contributed by atoms with Gasteiger partial charge in [-0.1, -0.05) is 30.3 Å². The molecule has 0 radical (unpaired) electrons. The molecule has 2 heterocycles. The zero-order valence-corrected chi connectivity index (χ0v) is 11.2. The van der Waals surface area contributed by atoms with Crippen molar-refractivity contribution in [2.45, 2.75) is 31.8 Å². The first-order valence-electron chi connectivity index (χ1n) is 6.39. The number of hydrogen-bond donors (Lipinski definition) is 0. The number of hydrogen-bond acceptors (Lipinski definition) is 2. The van der Waals surface area contributed by atoms with Gasteiger partial charge in [0.15, 0.2) is 5.11 Å². The number of amides is 1. The fourth-order valence-corrected chi connectivity index (χ4v) is 3.35. The lowest BCUT2D eigenvalue weighted by atomic mass is 10.1. The van der Waals surface area contributed by atoms with Gasteiger partial charge in [0.2, 0.25) is 0 Å². The van der Waals surface area contributed by atoms with Crippen LogP contribution in [-0.2, 0) is 4.79 Å². The monoisotopic (exact) mass is 260 g/mol. The maximum atomic E-state index is 12.4. The van der Waals surface area contributed by atoms with Crippen LogP contribution in [0.4, 0.5) is 0 Å². The van der Waals surface area contributed by atoms with Gasteiger partial charge in [0.1, 0.15) is 6.04 Å². The van der Waals surface area contributed by atoms with Crippen LogP contribution in [0.25, 0.3) is 0 Å². The smallest absolute Gasteiger partial charge is 0.252 e. The van der Waals surface area contributed by atoms with Gasteiger partial charge in [-0.3, -0.25) is 9.69 Å². The Morgan fingerprint density at radius 3 is 2.72 bits per heavy atom. The largest absolute Gasteiger partial charge is 0.337 e. The summed E-state index contributed by atoms with van der Waals surface area (Å²) in [5.41, 5.74) is 1.13. The van der Waals surface area contributed by atoms with E-state index in [0.29, 0.717) is 5.11 Å². The zero-order valence-electron chi connectivity index (χ0n) is 10.4. The third-order valence-electron chi connectivity index (χ3n) is 3.90. The molecule has 2 atom stereocenters. The maximum absolute atomic E-state index is 12.4. The molecule has 2 saturated heterocycles. The van der Waals surface area contributed by atoms with E-state index in [4.69, 9.17) is 12.2 Å². The fraction of sp³-hybridized carbons (Fsp3) is 0.429. The summed E-state index contributed by atoms with van der Waals surface area (Å²) in [6, 6.07) is 10.1. The van der Waals surface area contributed by atoms with Gasteiger partial charge in [0.25, 0.3) is 5.91 Å². The first-order valence-corrected chi connectivity index (χ1v) is 6.79. The molecule has 3 nitrogen and oxygen atoms in total. The van der Waals surface area contributed by atoms with Gasteiger partial charge >= 0.3 is 0 Å². The summed E-state index contributed by atoms with van der Waals surface area (Å²) in [6.45, 7) is 2.97. The summed E-state index contributed by atoms with van der Waals surface area (Å²) in [5.74, 6) is 0.175. The minimum atomic E-state index is 0.00339. The lowest BCUT2D eigenvalue weighted by molar-refractivity contribution is -0.129. The highest BCUT2D eigenvalue weighted by atomic mass is 32.1. The van der Waals surface area contributed by atoms with E-state index in [0.717, 1.165) is 24.9 Å². The van der Waals surface area contributed by atoms with E-state index in [9.17, 15) is 4.79 Å². The number of carbonyl (C=O) groups excluding carboxylic acids is 1. The Kier molecular flexibility index (Phi) is 2.82. The molecule has 1 aromatic carbocycles. The number of thiocarbonyl (C=S) groups is 1. The molecule has 0 unspecified atom stereocenters. The summed E-state index contributed by atoms with van der Waals surface area (Å²) in [6.07, 6.45) is 2.01. The molecular formula is C14H16N2OS. The minimum Gasteiger partial charge on any atom is -0.337 e. The molecule has 0 aliphatic carbocycles. The van der Waals surface area contributed by atoms with Crippen LogP contribution in [0.1, 0.15) is 31.4 Å². The van der Waals surface area contributed by atoms with Gasteiger partial charge < -0.3 is 4.90 Å². The second-order valence-electron chi connectivity index (χ2n) is 4.93. The summed E-state index contributed by atoms with van der Waals surface area (Å²) >= 11 is 5.46. The Bertz CT molecular complexity index is 466. The Morgan fingerprint density at radius 2 is 2.06 bits per heavy atom. The van der Waals surface area contributed by atoms with E-state index in [1.807, 2.05) is 37.3 Å². The Balaban J connectivity index is 1.89. The van der Waals surface area contributed by atoms with E-state index in [-0.39, 0.29) is 18.0 Å². The Morgan fingerprint density at radius 1 is 1.33 bits per heavy atom. The lowest BCUT2D eigenvalue weighted by Crippen LogP contribution is -2.35. The van der Waals surface area contributed by atoms with Crippen molar-refractivity contribution in [2.75, 3.05) is 6.54 Å². The van der Waals surface area contributed by atoms with E-state index in [1.54, 1.807) is 4.90 Å². The van der Waals surface area contributed by atoms with Gasteiger partial charge in [-0.15, -0.1) is 0 Å². The standard InChI is InChI=1S/C14H16N2OS/c1-10(11-6-3-2-4-7-11)16-13(17)12-8-5-9-15(12)14(16)18/h2-4,6-7,10,12H,5,8-9H2,1H3/t10-,12-/m0/s1. The van der Waals surface area contributed by atoms with Gasteiger partial charge in [0.05, 0.1) is 6.04 Å². The Hall–Kier alpha value is -1.42. The van der Waals surface area contributed by atoms with E-state index >= 15 is 0 Å². The molecule has 94 valence electrons. The van der Waals surface area contributed by atoms with Crippen molar-refractivity contribution in [1.29, 1.82) is 0 Å². The van der Waals surface area contributed by atoms with Gasteiger partial charge in [-0.2, -0.15) is 0 Å². The van der Waals surface area contributed by atoms with Crippen molar-refractivity contribution in [3.63, 3.8) is 0 Å². The van der Waals surface area contributed by atoms with Crippen LogP contribution in [-0.4, -0.2) is 33.4 Å². The third-order valence-corrected chi connectivity index (χ3v) is 4.33. The molecule has 18 heavy (non-hydrogen) atoms. The van der Waals surface area contributed by atoms with Crippen molar-refractivity contribution in [1.82, 2.24) is 9.80 Å². The summed E-state index contributed by atoms with van der Waals surface area (Å²) in [7, 11) is 0. The molecule has 0 spiro atoms. The van der Waals surface area contributed by atoms with Crippen LogP contribution in [0, 0.1) is 0 Å². The van der Waals surface area contributed by atoms with Crippen LogP contribution in [0.5, 0.6) is 0 Å². The van der Waals surface area contributed by atoms with E-state index < -0.39 is 0 Å². The second kappa shape index (κ2) is 4.35. The molecule has 0 bridgehead atoms. The number of carbonyl (C=O) groups is 1. The lowest BCUT2D eigenvalue weighted by Gasteiger charge is -2.25. The molecule has 0 N–H and O–H groups in total. The molecule has 2 fully saturated rings. The molecule has 4 heteroatoms. The van der Waals surface area contributed by atoms with Gasteiger partial charge in [-0.05, 0) is 37.5 Å². The molecule has 0 aromatic heterocycles. The van der Waals surface area contributed by atoms with Crippen molar-refractivity contribution < 1.29 is 4.79 Å². The van der Waals surface area contributed by atoms with Crippen molar-refractivity contribution >= 4 is 23.2 Å². The molecule has 1 amide bonds. The number of rotatable bonds is 2. The predicted molar refractivity (Wildman–Crippen MR) is 74.0 cm³/mol. The highest BCUT2D eigenvalue weighted by molar-refractivity contribution is 7.80. The molecular weight excluding hydrogens is 244 g/mol. The fourth-order valence-electron chi connectivity index (χ4n) is 2.88. The molecule has 3 rings (SSSR count). The van der Waals surface area contributed by atoms with Gasteiger partial charge in [-0.25, -0.2) is 0 Å². The van der Waals surface area contributed by atoms with Gasteiger partial charge in [0, 0.05) is 6.54 Å². The molecule has 0 saturated carbocycles. The average Bonchev–Trinajstić information content (AvgIpc) is 2.95. The topological polar surface area (TPSA) is 23.6 Å². The summed E-state index contributed by atoms with van der Waals surface area (Å²) in [5, 5.41) is 0.707. The first-order chi connectivity index (χ1) is 8.70. The predicted octanol–water partition coefficient (Wildman–Crippen LogP) is 2.34. The SMILES string of the molecule is C[C@@H](c1ccccc1)N1C(=O)[C@@H]2CCCN2C1=S. The van der Waals surface area contributed by atoms with Crippen molar-refractivity contribution in [3.8, 4) is 0 Å².